The molecule has 1 unspecified atom stereocenters. The van der Waals surface area contributed by atoms with Crippen LogP contribution in [0.4, 0.5) is 0 Å². The number of hydrogen-bond acceptors (Lipinski definition) is 5. The third-order valence-electron chi connectivity index (χ3n) is 6.30. The molecule has 0 radical (unpaired) electrons. The van der Waals surface area contributed by atoms with Gasteiger partial charge in [-0.1, -0.05) is 25.5 Å². The molecule has 0 bridgehead atoms. The summed E-state index contributed by atoms with van der Waals surface area (Å²) in [6.07, 6.45) is 3.70. The van der Waals surface area contributed by atoms with E-state index in [1.165, 1.54) is 0 Å². The van der Waals surface area contributed by atoms with Gasteiger partial charge in [0.25, 0.3) is 5.56 Å². The van der Waals surface area contributed by atoms with Crippen LogP contribution in [0.15, 0.2) is 45.7 Å². The number of carbonyl (C=O) groups is 1. The molecule has 1 heterocycles. The molecular weight excluding hydrogens is 498 g/mol. The van der Waals surface area contributed by atoms with Crippen LogP contribution in [0.1, 0.15) is 51.4 Å². The lowest BCUT2D eigenvalue weighted by Crippen LogP contribution is -2.39. The van der Waals surface area contributed by atoms with E-state index in [0.29, 0.717) is 44.9 Å². The Morgan fingerprint density at radius 2 is 1.97 bits per heavy atom. The molecule has 1 aliphatic carbocycles. The van der Waals surface area contributed by atoms with E-state index in [2.05, 4.69) is 22.9 Å². The van der Waals surface area contributed by atoms with Crippen molar-refractivity contribution in [3.05, 3.63) is 57.0 Å². The maximum absolute atomic E-state index is 13.9. The fraction of sp³-hybridized carbons (Fsp3) is 0.423. The Morgan fingerprint density at radius 1 is 1.24 bits per heavy atom. The normalized spacial score (nSPS) is 14.1. The molecule has 0 aliphatic heterocycles. The van der Waals surface area contributed by atoms with Crippen molar-refractivity contribution in [2.45, 2.75) is 45.6 Å². The molecule has 0 N–H and O–H groups in total. The zero-order valence-electron chi connectivity index (χ0n) is 20.0. The molecule has 0 spiro atoms. The number of benzene rings is 2. The predicted octanol–water partition coefficient (Wildman–Crippen LogP) is 5.27. The van der Waals surface area contributed by atoms with Crippen molar-refractivity contribution in [1.82, 2.24) is 14.5 Å². The van der Waals surface area contributed by atoms with E-state index < -0.39 is 6.04 Å². The molecule has 1 saturated carbocycles. The summed E-state index contributed by atoms with van der Waals surface area (Å²) in [5.74, 6) is 1.79. The van der Waals surface area contributed by atoms with Gasteiger partial charge in [-0.05, 0) is 54.2 Å². The van der Waals surface area contributed by atoms with Gasteiger partial charge >= 0.3 is 0 Å². The molecule has 0 saturated heterocycles. The highest BCUT2D eigenvalue weighted by atomic mass is 79.9. The number of para-hydroxylation sites is 1. The number of carbonyl (C=O) groups excluding carboxylic acids is 1. The van der Waals surface area contributed by atoms with Gasteiger partial charge in [-0.25, -0.2) is 4.98 Å². The Morgan fingerprint density at radius 3 is 2.62 bits per heavy atom. The lowest BCUT2D eigenvalue weighted by Gasteiger charge is -2.31. The highest BCUT2D eigenvalue weighted by molar-refractivity contribution is 9.10. The second kappa shape index (κ2) is 10.2. The number of fused-ring (bicyclic) bond motifs is 1. The Hall–Kier alpha value is -2.87. The Balaban J connectivity index is 1.98. The highest BCUT2D eigenvalue weighted by Gasteiger charge is 2.37. The average Bonchev–Trinajstić information content (AvgIpc) is 3.70. The zero-order valence-corrected chi connectivity index (χ0v) is 21.6. The molecule has 2 aromatic carbocycles. The molecule has 1 aliphatic rings. The smallest absolute Gasteiger partial charge is 0.266 e. The van der Waals surface area contributed by atoms with E-state index in [-0.39, 0.29) is 17.4 Å². The summed E-state index contributed by atoms with van der Waals surface area (Å²) in [4.78, 5) is 33.9. The minimum absolute atomic E-state index is 0.0728. The van der Waals surface area contributed by atoms with Crippen molar-refractivity contribution in [2.24, 2.45) is 5.92 Å². The topological polar surface area (TPSA) is 73.7 Å². The number of rotatable bonds is 9. The first-order valence-corrected chi connectivity index (χ1v) is 12.4. The van der Waals surface area contributed by atoms with Crippen LogP contribution in [0.3, 0.4) is 0 Å². The number of hydrogen-bond donors (Lipinski definition) is 0. The molecule has 1 atom stereocenters. The van der Waals surface area contributed by atoms with Gasteiger partial charge in [0.05, 0.1) is 41.3 Å². The Bertz CT molecular complexity index is 1270. The number of halogens is 1. The quantitative estimate of drug-likeness (QED) is 0.379. The first-order chi connectivity index (χ1) is 16.4. The Labute approximate surface area is 207 Å². The minimum Gasteiger partial charge on any atom is -0.497 e. The molecule has 8 heteroatoms. The third kappa shape index (κ3) is 4.56. The van der Waals surface area contributed by atoms with E-state index >= 15 is 0 Å². The van der Waals surface area contributed by atoms with Crippen LogP contribution < -0.4 is 15.0 Å². The standard InChI is InChI=1S/C26H30BrN3O4/c1-5-6-13-29(25(31)17-11-12-17)16(2)24-28-20-10-8-7-9-19(20)26(32)30(24)21-14-18(33-3)15-22(34-4)23(21)27/h7-10,14-17H,5-6,11-13H2,1-4H3. The number of nitrogens with zero attached hydrogens (tertiary/aromatic N) is 3. The largest absolute Gasteiger partial charge is 0.497 e. The predicted molar refractivity (Wildman–Crippen MR) is 136 cm³/mol. The van der Waals surface area contributed by atoms with Gasteiger partial charge in [-0.2, -0.15) is 0 Å². The summed E-state index contributed by atoms with van der Waals surface area (Å²) in [6, 6.07) is 10.4. The fourth-order valence-electron chi connectivity index (χ4n) is 4.18. The van der Waals surface area contributed by atoms with Crippen molar-refractivity contribution in [3.8, 4) is 17.2 Å². The molecule has 34 heavy (non-hydrogen) atoms. The summed E-state index contributed by atoms with van der Waals surface area (Å²) < 4.78 is 13.2. The van der Waals surface area contributed by atoms with Gasteiger partial charge in [0.15, 0.2) is 0 Å². The van der Waals surface area contributed by atoms with Crippen molar-refractivity contribution >= 4 is 32.7 Å². The first-order valence-electron chi connectivity index (χ1n) is 11.6. The van der Waals surface area contributed by atoms with Gasteiger partial charge in [0.2, 0.25) is 5.91 Å². The maximum atomic E-state index is 13.9. The summed E-state index contributed by atoms with van der Waals surface area (Å²) in [7, 11) is 3.13. The molecule has 7 nitrogen and oxygen atoms in total. The van der Waals surface area contributed by atoms with Gasteiger partial charge in [0.1, 0.15) is 17.3 Å². The van der Waals surface area contributed by atoms with Crippen LogP contribution in [0.5, 0.6) is 11.5 Å². The van der Waals surface area contributed by atoms with Crippen LogP contribution in [-0.2, 0) is 4.79 Å². The van der Waals surface area contributed by atoms with Crippen LogP contribution in [0, 0.1) is 5.92 Å². The van der Waals surface area contributed by atoms with Crippen molar-refractivity contribution in [1.29, 1.82) is 0 Å². The zero-order chi connectivity index (χ0) is 24.4. The molecule has 1 amide bonds. The third-order valence-corrected chi connectivity index (χ3v) is 7.09. The number of ether oxygens (including phenoxy) is 2. The summed E-state index contributed by atoms with van der Waals surface area (Å²) >= 11 is 3.62. The van der Waals surface area contributed by atoms with E-state index in [9.17, 15) is 9.59 Å². The summed E-state index contributed by atoms with van der Waals surface area (Å²) in [5, 5.41) is 0.501. The molecule has 1 fully saturated rings. The van der Waals surface area contributed by atoms with E-state index in [1.807, 2.05) is 30.0 Å². The second-order valence-electron chi connectivity index (χ2n) is 8.63. The van der Waals surface area contributed by atoms with E-state index in [4.69, 9.17) is 14.5 Å². The van der Waals surface area contributed by atoms with Crippen LogP contribution in [-0.4, -0.2) is 41.1 Å². The summed E-state index contributed by atoms with van der Waals surface area (Å²) in [6.45, 7) is 4.68. The molecule has 4 rings (SSSR count). The maximum Gasteiger partial charge on any atom is 0.266 e. The number of methoxy groups -OCH3 is 2. The van der Waals surface area contributed by atoms with Crippen LogP contribution in [0.25, 0.3) is 16.6 Å². The molecular formula is C26H30BrN3O4. The summed E-state index contributed by atoms with van der Waals surface area (Å²) in [5.41, 5.74) is 0.944. The van der Waals surface area contributed by atoms with Crippen molar-refractivity contribution in [2.75, 3.05) is 20.8 Å². The van der Waals surface area contributed by atoms with E-state index in [0.717, 1.165) is 25.7 Å². The van der Waals surface area contributed by atoms with Crippen molar-refractivity contribution in [3.63, 3.8) is 0 Å². The van der Waals surface area contributed by atoms with Crippen LogP contribution >= 0.6 is 15.9 Å². The SMILES string of the molecule is CCCCN(C(=O)C1CC1)C(C)c1nc2ccccc2c(=O)n1-c1cc(OC)cc(OC)c1Br. The lowest BCUT2D eigenvalue weighted by atomic mass is 10.1. The first kappa shape index (κ1) is 24.3. The number of unbranched alkanes of at least 4 members (excludes halogenated alkanes) is 1. The fourth-order valence-corrected chi connectivity index (χ4v) is 4.75. The molecule has 3 aromatic rings. The monoisotopic (exact) mass is 527 g/mol. The van der Waals surface area contributed by atoms with E-state index in [1.54, 1.807) is 37.0 Å². The number of aromatic nitrogens is 2. The molecule has 1 aromatic heterocycles. The Kier molecular flexibility index (Phi) is 7.26. The van der Waals surface area contributed by atoms with Crippen LogP contribution in [0.2, 0.25) is 0 Å². The molecule has 180 valence electrons. The second-order valence-corrected chi connectivity index (χ2v) is 9.42. The van der Waals surface area contributed by atoms with Gasteiger partial charge < -0.3 is 14.4 Å². The van der Waals surface area contributed by atoms with Crippen molar-refractivity contribution < 1.29 is 14.3 Å². The lowest BCUT2D eigenvalue weighted by molar-refractivity contribution is -0.135. The number of amides is 1. The average molecular weight is 528 g/mol. The minimum atomic E-state index is -0.402. The van der Waals surface area contributed by atoms with Gasteiger partial charge in [-0.15, -0.1) is 0 Å². The van der Waals surface area contributed by atoms with Gasteiger partial charge in [-0.3, -0.25) is 14.2 Å². The highest BCUT2D eigenvalue weighted by Crippen LogP contribution is 2.38. The van der Waals surface area contributed by atoms with Gasteiger partial charge in [0, 0.05) is 24.6 Å².